The monoisotopic (exact) mass is 466 g/mol. The van der Waals surface area contributed by atoms with E-state index in [1.165, 1.54) is 38.2 Å². The smallest absolute Gasteiger partial charge is 0.286 e. The maximum Gasteiger partial charge on any atom is 0.286 e. The number of fused-ring (bicyclic) bond motifs is 1. The maximum atomic E-state index is 13.0. The summed E-state index contributed by atoms with van der Waals surface area (Å²) in [4.78, 5) is 22.5. The number of anilines is 1. The van der Waals surface area contributed by atoms with Crippen LogP contribution in [0, 0.1) is 5.92 Å². The van der Waals surface area contributed by atoms with Gasteiger partial charge in [-0.3, -0.25) is 4.79 Å². The van der Waals surface area contributed by atoms with Gasteiger partial charge in [0.25, 0.3) is 5.56 Å². The molecule has 1 unspecified atom stereocenters. The molecule has 1 aromatic heterocycles. The van der Waals surface area contributed by atoms with Gasteiger partial charge in [-0.05, 0) is 48.9 Å². The fraction of sp³-hybridized carbons (Fsp3) is 0.462. The van der Waals surface area contributed by atoms with Gasteiger partial charge in [0.1, 0.15) is 5.39 Å². The highest BCUT2D eigenvalue weighted by Gasteiger charge is 2.22. The summed E-state index contributed by atoms with van der Waals surface area (Å²) in [5, 5.41) is 3.78. The van der Waals surface area contributed by atoms with Crippen LogP contribution in [0.25, 0.3) is 10.9 Å². The van der Waals surface area contributed by atoms with E-state index in [0.29, 0.717) is 52.5 Å². The van der Waals surface area contributed by atoms with Crippen molar-refractivity contribution in [3.8, 4) is 17.2 Å². The van der Waals surface area contributed by atoms with Gasteiger partial charge in [-0.15, -0.1) is 0 Å². The molecular formula is C26H34N4O4. The third kappa shape index (κ3) is 4.68. The van der Waals surface area contributed by atoms with Crippen molar-refractivity contribution >= 4 is 16.9 Å². The first kappa shape index (κ1) is 23.9. The van der Waals surface area contributed by atoms with Gasteiger partial charge >= 0.3 is 0 Å². The summed E-state index contributed by atoms with van der Waals surface area (Å²) in [5.74, 6) is 2.84. The second-order valence-corrected chi connectivity index (χ2v) is 8.91. The fourth-order valence-electron chi connectivity index (χ4n) is 4.89. The van der Waals surface area contributed by atoms with E-state index in [2.05, 4.69) is 46.5 Å². The van der Waals surface area contributed by atoms with E-state index < -0.39 is 0 Å². The molecule has 0 spiro atoms. The standard InChI is InChI=1S/C26H34N4O4/c1-16(18-9-11-27-12-10-18)19-8-6-7-17(13-19)15-30(2)26-28-20-14-21(32-3)23(33-4)24(34-5)22(20)25(31)29-26/h6-8,13-14,16,18,27H,9-12,15H2,1-5H3,(H,28,29,31). The van der Waals surface area contributed by atoms with Crippen molar-refractivity contribution in [1.29, 1.82) is 0 Å². The van der Waals surface area contributed by atoms with Gasteiger partial charge in [-0.25, -0.2) is 0 Å². The summed E-state index contributed by atoms with van der Waals surface area (Å²) in [6.07, 6.45) is 2.43. The van der Waals surface area contributed by atoms with Gasteiger partial charge in [-0.1, -0.05) is 31.2 Å². The first-order chi connectivity index (χ1) is 16.5. The molecule has 8 nitrogen and oxygen atoms in total. The zero-order valence-electron chi connectivity index (χ0n) is 20.6. The number of nitrogens with one attached hydrogen (secondary N) is 2. The number of piperidine rings is 1. The van der Waals surface area contributed by atoms with Crippen molar-refractivity contribution in [3.05, 3.63) is 51.8 Å². The van der Waals surface area contributed by atoms with Crippen molar-refractivity contribution in [2.24, 2.45) is 5.92 Å². The molecule has 3 aromatic rings. The lowest BCUT2D eigenvalue weighted by Gasteiger charge is -2.29. The molecule has 0 bridgehead atoms. The average molecular weight is 467 g/mol. The Labute approximate surface area is 200 Å². The molecule has 4 rings (SSSR count). The van der Waals surface area contributed by atoms with Gasteiger partial charge in [0.05, 0.1) is 26.8 Å². The minimum atomic E-state index is -0.387. The largest absolute Gasteiger partial charge is 0.493 e. The van der Waals surface area contributed by atoms with E-state index >= 15 is 0 Å². The van der Waals surface area contributed by atoms with E-state index in [4.69, 9.17) is 14.2 Å². The summed E-state index contributed by atoms with van der Waals surface area (Å²) >= 11 is 0. The lowest BCUT2D eigenvalue weighted by molar-refractivity contribution is 0.327. The van der Waals surface area contributed by atoms with Crippen LogP contribution in [0.3, 0.4) is 0 Å². The molecule has 1 atom stereocenters. The molecular weight excluding hydrogens is 432 g/mol. The SMILES string of the molecule is COc1cc2[nH]c(N(C)Cc3cccc(C(C)C4CCNCC4)c3)nc(=O)c2c(OC)c1OC. The molecule has 2 N–H and O–H groups in total. The molecule has 2 heterocycles. The summed E-state index contributed by atoms with van der Waals surface area (Å²) in [5.41, 5.74) is 2.72. The van der Waals surface area contributed by atoms with Crippen LogP contribution >= 0.6 is 0 Å². The van der Waals surface area contributed by atoms with Crippen molar-refractivity contribution < 1.29 is 14.2 Å². The van der Waals surface area contributed by atoms with Crippen molar-refractivity contribution in [2.75, 3.05) is 46.4 Å². The summed E-state index contributed by atoms with van der Waals surface area (Å²) < 4.78 is 16.3. The number of aromatic amines is 1. The van der Waals surface area contributed by atoms with Crippen molar-refractivity contribution in [1.82, 2.24) is 15.3 Å². The molecule has 34 heavy (non-hydrogen) atoms. The van der Waals surface area contributed by atoms with Crippen LogP contribution in [0.2, 0.25) is 0 Å². The zero-order chi connectivity index (χ0) is 24.2. The fourth-order valence-corrected chi connectivity index (χ4v) is 4.89. The number of aromatic nitrogens is 2. The average Bonchev–Trinajstić information content (AvgIpc) is 2.87. The van der Waals surface area contributed by atoms with Crippen molar-refractivity contribution in [2.45, 2.75) is 32.2 Å². The molecule has 0 radical (unpaired) electrons. The second kappa shape index (κ2) is 10.3. The molecule has 1 aliphatic heterocycles. The third-order valence-electron chi connectivity index (χ3n) is 6.85. The highest BCUT2D eigenvalue weighted by Crippen LogP contribution is 2.41. The Bertz CT molecular complexity index is 1200. The molecule has 1 aliphatic rings. The lowest BCUT2D eigenvalue weighted by atomic mass is 9.81. The minimum Gasteiger partial charge on any atom is -0.493 e. The maximum absolute atomic E-state index is 13.0. The number of hydrogen-bond donors (Lipinski definition) is 2. The number of hydrogen-bond acceptors (Lipinski definition) is 7. The van der Waals surface area contributed by atoms with E-state index in [1.54, 1.807) is 13.2 Å². The number of nitrogens with zero attached hydrogens (tertiary/aromatic N) is 2. The molecule has 0 aliphatic carbocycles. The molecule has 1 fully saturated rings. The van der Waals surface area contributed by atoms with E-state index in [1.807, 2.05) is 11.9 Å². The first-order valence-corrected chi connectivity index (χ1v) is 11.7. The van der Waals surface area contributed by atoms with Crippen LogP contribution in [0.4, 0.5) is 5.95 Å². The Hall–Kier alpha value is -3.26. The highest BCUT2D eigenvalue weighted by atomic mass is 16.5. The van der Waals surface area contributed by atoms with E-state index in [-0.39, 0.29) is 5.56 Å². The normalized spacial score (nSPS) is 15.2. The molecule has 0 saturated carbocycles. The molecule has 0 amide bonds. The highest BCUT2D eigenvalue weighted by molar-refractivity contribution is 5.90. The predicted molar refractivity (Wildman–Crippen MR) is 135 cm³/mol. The minimum absolute atomic E-state index is 0.305. The van der Waals surface area contributed by atoms with Crippen LogP contribution in [0.15, 0.2) is 35.1 Å². The number of ether oxygens (including phenoxy) is 3. The van der Waals surface area contributed by atoms with E-state index in [0.717, 1.165) is 13.1 Å². The topological polar surface area (TPSA) is 88.7 Å². The van der Waals surface area contributed by atoms with Gasteiger partial charge < -0.3 is 29.4 Å². The summed E-state index contributed by atoms with van der Waals surface area (Å²) in [6, 6.07) is 10.5. The number of rotatable bonds is 8. The third-order valence-corrected chi connectivity index (χ3v) is 6.85. The Kier molecular flexibility index (Phi) is 7.26. The van der Waals surface area contributed by atoms with Crippen molar-refractivity contribution in [3.63, 3.8) is 0 Å². The first-order valence-electron chi connectivity index (χ1n) is 11.7. The predicted octanol–water partition coefficient (Wildman–Crippen LogP) is 3.69. The van der Waals surface area contributed by atoms with Crippen LogP contribution in [-0.2, 0) is 6.54 Å². The van der Waals surface area contributed by atoms with Crippen LogP contribution in [0.1, 0.15) is 36.8 Å². The van der Waals surface area contributed by atoms with Crippen LogP contribution in [-0.4, -0.2) is 51.4 Å². The molecule has 2 aromatic carbocycles. The Morgan fingerprint density at radius 2 is 1.82 bits per heavy atom. The second-order valence-electron chi connectivity index (χ2n) is 8.91. The summed E-state index contributed by atoms with van der Waals surface area (Å²) in [7, 11) is 6.47. The van der Waals surface area contributed by atoms with Gasteiger partial charge in [-0.2, -0.15) is 4.98 Å². The quantitative estimate of drug-likeness (QED) is 0.523. The lowest BCUT2D eigenvalue weighted by Crippen LogP contribution is -2.30. The van der Waals surface area contributed by atoms with Gasteiger partial charge in [0.2, 0.25) is 11.7 Å². The Balaban J connectivity index is 1.62. The number of H-pyrrole nitrogens is 1. The Morgan fingerprint density at radius 3 is 2.50 bits per heavy atom. The molecule has 8 heteroatoms. The summed E-state index contributed by atoms with van der Waals surface area (Å²) in [6.45, 7) is 5.14. The van der Waals surface area contributed by atoms with E-state index in [9.17, 15) is 4.79 Å². The van der Waals surface area contributed by atoms with Crippen LogP contribution in [0.5, 0.6) is 17.2 Å². The van der Waals surface area contributed by atoms with Crippen LogP contribution < -0.4 is 30.0 Å². The van der Waals surface area contributed by atoms with Gasteiger partial charge in [0.15, 0.2) is 11.5 Å². The molecule has 182 valence electrons. The van der Waals surface area contributed by atoms with Gasteiger partial charge in [0, 0.05) is 19.7 Å². The number of methoxy groups -OCH3 is 3. The molecule has 1 saturated heterocycles. The number of benzene rings is 2. The Morgan fingerprint density at radius 1 is 1.09 bits per heavy atom. The zero-order valence-corrected chi connectivity index (χ0v) is 20.6.